The van der Waals surface area contributed by atoms with Crippen molar-refractivity contribution in [2.75, 3.05) is 26.7 Å². The van der Waals surface area contributed by atoms with E-state index in [0.29, 0.717) is 18.7 Å². The highest BCUT2D eigenvalue weighted by atomic mass is 16.1. The van der Waals surface area contributed by atoms with Crippen molar-refractivity contribution in [2.45, 2.75) is 13.5 Å². The van der Waals surface area contributed by atoms with Gasteiger partial charge in [-0.05, 0) is 24.6 Å². The molecule has 0 heterocycles. The molecule has 0 aromatic heterocycles. The molecule has 2 rings (SSSR count). The fraction of sp³-hybridized carbons (Fsp3) is 0.300. The van der Waals surface area contributed by atoms with Crippen LogP contribution in [0.5, 0.6) is 0 Å². The summed E-state index contributed by atoms with van der Waals surface area (Å²) in [5, 5.41) is 6.18. The molecular weight excluding hydrogens is 312 g/mol. The molecule has 2 aromatic carbocycles. The number of nitrogens with one attached hydrogen (secondary N) is 2. The van der Waals surface area contributed by atoms with Crippen molar-refractivity contribution in [2.24, 2.45) is 4.99 Å². The standard InChI is InChI=1S/C20H26N4O/c1-3-21-20(24(2)16-17-10-6-4-7-11-17)23-15-14-22-19(25)18-12-8-5-9-13-18/h4-13H,3,14-16H2,1-2H3,(H,21,23)(H,22,25). The number of aliphatic imine (C=N–C) groups is 1. The van der Waals surface area contributed by atoms with Gasteiger partial charge in [-0.15, -0.1) is 0 Å². The number of amides is 1. The van der Waals surface area contributed by atoms with Crippen LogP contribution in [0.2, 0.25) is 0 Å². The van der Waals surface area contributed by atoms with Gasteiger partial charge in [0.25, 0.3) is 5.91 Å². The average molecular weight is 338 g/mol. The number of benzene rings is 2. The quantitative estimate of drug-likeness (QED) is 0.463. The average Bonchev–Trinajstić information content (AvgIpc) is 2.65. The van der Waals surface area contributed by atoms with Crippen LogP contribution >= 0.6 is 0 Å². The number of carbonyl (C=O) groups is 1. The van der Waals surface area contributed by atoms with Crippen LogP contribution in [0.1, 0.15) is 22.8 Å². The summed E-state index contributed by atoms with van der Waals surface area (Å²) in [6.45, 7) is 4.66. The van der Waals surface area contributed by atoms with Crippen LogP contribution < -0.4 is 10.6 Å². The van der Waals surface area contributed by atoms with Crippen LogP contribution in [0.25, 0.3) is 0 Å². The molecule has 0 aliphatic heterocycles. The van der Waals surface area contributed by atoms with Gasteiger partial charge in [0, 0.05) is 32.2 Å². The van der Waals surface area contributed by atoms with Crippen molar-refractivity contribution in [1.29, 1.82) is 0 Å². The summed E-state index contributed by atoms with van der Waals surface area (Å²) in [5.41, 5.74) is 1.90. The molecular formula is C20H26N4O. The number of hydrogen-bond donors (Lipinski definition) is 2. The van der Waals surface area contributed by atoms with E-state index >= 15 is 0 Å². The Bertz CT molecular complexity index is 671. The van der Waals surface area contributed by atoms with Crippen LogP contribution in [0.4, 0.5) is 0 Å². The molecule has 5 nitrogen and oxygen atoms in total. The molecule has 0 atom stereocenters. The fourth-order valence-corrected chi connectivity index (χ4v) is 2.42. The molecule has 0 unspecified atom stereocenters. The molecule has 25 heavy (non-hydrogen) atoms. The van der Waals surface area contributed by atoms with E-state index in [0.717, 1.165) is 19.0 Å². The number of rotatable bonds is 7. The minimum Gasteiger partial charge on any atom is -0.357 e. The number of guanidine groups is 1. The van der Waals surface area contributed by atoms with Crippen molar-refractivity contribution >= 4 is 11.9 Å². The van der Waals surface area contributed by atoms with Crippen LogP contribution in [0.3, 0.4) is 0 Å². The Morgan fingerprint density at radius 3 is 2.28 bits per heavy atom. The number of nitrogens with zero attached hydrogens (tertiary/aromatic N) is 2. The van der Waals surface area contributed by atoms with Crippen molar-refractivity contribution in [3.05, 3.63) is 71.8 Å². The Kier molecular flexibility index (Phi) is 7.50. The van der Waals surface area contributed by atoms with Crippen LogP contribution in [0.15, 0.2) is 65.7 Å². The lowest BCUT2D eigenvalue weighted by molar-refractivity contribution is 0.0955. The highest BCUT2D eigenvalue weighted by molar-refractivity contribution is 5.94. The van der Waals surface area contributed by atoms with E-state index in [-0.39, 0.29) is 5.91 Å². The maximum absolute atomic E-state index is 12.0. The number of hydrogen-bond acceptors (Lipinski definition) is 2. The predicted molar refractivity (Wildman–Crippen MR) is 103 cm³/mol. The Morgan fingerprint density at radius 2 is 1.64 bits per heavy atom. The lowest BCUT2D eigenvalue weighted by atomic mass is 10.2. The molecule has 1 amide bonds. The number of carbonyl (C=O) groups excluding carboxylic acids is 1. The van der Waals surface area contributed by atoms with Gasteiger partial charge in [-0.2, -0.15) is 0 Å². The van der Waals surface area contributed by atoms with E-state index in [1.807, 2.05) is 50.4 Å². The highest BCUT2D eigenvalue weighted by Gasteiger charge is 2.07. The summed E-state index contributed by atoms with van der Waals surface area (Å²) < 4.78 is 0. The van der Waals surface area contributed by atoms with Crippen molar-refractivity contribution in [1.82, 2.24) is 15.5 Å². The third kappa shape index (κ3) is 6.30. The summed E-state index contributed by atoms with van der Waals surface area (Å²) in [6.07, 6.45) is 0. The van der Waals surface area contributed by atoms with Gasteiger partial charge in [0.05, 0.1) is 6.54 Å². The van der Waals surface area contributed by atoms with Crippen molar-refractivity contribution in [3.63, 3.8) is 0 Å². The van der Waals surface area contributed by atoms with Crippen LogP contribution in [0, 0.1) is 0 Å². The minimum absolute atomic E-state index is 0.0709. The Labute approximate surface area is 149 Å². The summed E-state index contributed by atoms with van der Waals surface area (Å²) >= 11 is 0. The second-order valence-electron chi connectivity index (χ2n) is 5.70. The maximum Gasteiger partial charge on any atom is 0.251 e. The molecule has 0 radical (unpaired) electrons. The smallest absolute Gasteiger partial charge is 0.251 e. The molecule has 0 aliphatic carbocycles. The Balaban J connectivity index is 1.85. The molecule has 0 fully saturated rings. The fourth-order valence-electron chi connectivity index (χ4n) is 2.42. The summed E-state index contributed by atoms with van der Waals surface area (Å²) in [5.74, 6) is 0.763. The van der Waals surface area contributed by atoms with Crippen LogP contribution in [-0.2, 0) is 6.54 Å². The third-order valence-electron chi connectivity index (χ3n) is 3.65. The first-order valence-corrected chi connectivity index (χ1v) is 8.57. The van der Waals surface area contributed by atoms with Gasteiger partial charge >= 0.3 is 0 Å². The molecule has 5 heteroatoms. The summed E-state index contributed by atoms with van der Waals surface area (Å²) in [6, 6.07) is 19.5. The van der Waals surface area contributed by atoms with E-state index in [2.05, 4.69) is 32.7 Å². The van der Waals surface area contributed by atoms with E-state index in [1.54, 1.807) is 12.1 Å². The Hall–Kier alpha value is -2.82. The molecule has 0 saturated carbocycles. The third-order valence-corrected chi connectivity index (χ3v) is 3.65. The van der Waals surface area contributed by atoms with Crippen molar-refractivity contribution in [3.8, 4) is 0 Å². The maximum atomic E-state index is 12.0. The first kappa shape index (κ1) is 18.5. The molecule has 0 saturated heterocycles. The molecule has 132 valence electrons. The first-order chi connectivity index (χ1) is 12.2. The van der Waals surface area contributed by atoms with Gasteiger partial charge in [0.2, 0.25) is 0 Å². The zero-order valence-corrected chi connectivity index (χ0v) is 14.9. The molecule has 0 aliphatic rings. The summed E-state index contributed by atoms with van der Waals surface area (Å²) in [4.78, 5) is 18.7. The van der Waals surface area contributed by atoms with Gasteiger partial charge in [-0.3, -0.25) is 9.79 Å². The Morgan fingerprint density at radius 1 is 1.00 bits per heavy atom. The zero-order chi connectivity index (χ0) is 17.9. The largest absolute Gasteiger partial charge is 0.357 e. The predicted octanol–water partition coefficient (Wildman–Crippen LogP) is 2.51. The van der Waals surface area contributed by atoms with E-state index in [4.69, 9.17) is 0 Å². The topological polar surface area (TPSA) is 56.7 Å². The molecule has 0 spiro atoms. The van der Waals surface area contributed by atoms with Crippen molar-refractivity contribution < 1.29 is 4.79 Å². The second kappa shape index (κ2) is 10.1. The lowest BCUT2D eigenvalue weighted by Gasteiger charge is -2.22. The van der Waals surface area contributed by atoms with Gasteiger partial charge in [-0.1, -0.05) is 48.5 Å². The van der Waals surface area contributed by atoms with Crippen LogP contribution in [-0.4, -0.2) is 43.4 Å². The normalized spacial score (nSPS) is 11.0. The van der Waals surface area contributed by atoms with Gasteiger partial charge in [0.15, 0.2) is 5.96 Å². The minimum atomic E-state index is -0.0709. The molecule has 2 aromatic rings. The second-order valence-corrected chi connectivity index (χ2v) is 5.70. The first-order valence-electron chi connectivity index (χ1n) is 8.57. The van der Waals surface area contributed by atoms with Gasteiger partial charge in [0.1, 0.15) is 0 Å². The lowest BCUT2D eigenvalue weighted by Crippen LogP contribution is -2.39. The van der Waals surface area contributed by atoms with Gasteiger partial charge < -0.3 is 15.5 Å². The monoisotopic (exact) mass is 338 g/mol. The highest BCUT2D eigenvalue weighted by Crippen LogP contribution is 2.03. The molecule has 0 bridgehead atoms. The zero-order valence-electron chi connectivity index (χ0n) is 14.9. The SMILES string of the molecule is CCNC(=NCCNC(=O)c1ccccc1)N(C)Cc1ccccc1. The van der Waals surface area contributed by atoms with Gasteiger partial charge in [-0.25, -0.2) is 0 Å². The molecule has 2 N–H and O–H groups in total. The van der Waals surface area contributed by atoms with E-state index in [9.17, 15) is 4.79 Å². The summed E-state index contributed by atoms with van der Waals surface area (Å²) in [7, 11) is 2.01. The van der Waals surface area contributed by atoms with E-state index in [1.165, 1.54) is 5.56 Å². The van der Waals surface area contributed by atoms with E-state index < -0.39 is 0 Å².